The molecule has 0 aliphatic carbocycles. The Bertz CT molecular complexity index is 1470. The molecule has 1 unspecified atom stereocenters. The number of aryl methyl sites for hydroxylation is 1. The van der Waals surface area contributed by atoms with E-state index in [1.165, 1.54) is 24.0 Å². The Hall–Kier alpha value is -3.27. The molecule has 5 rings (SSSR count). The van der Waals surface area contributed by atoms with Crippen LogP contribution >= 0.6 is 7.82 Å². The number of anilines is 2. The van der Waals surface area contributed by atoms with Crippen LogP contribution in [0.15, 0.2) is 12.5 Å². The number of fused-ring (bicyclic) bond motifs is 2. The van der Waals surface area contributed by atoms with Crippen molar-refractivity contribution in [3.63, 3.8) is 0 Å². The third-order valence-corrected chi connectivity index (χ3v) is 7.58. The van der Waals surface area contributed by atoms with Crippen molar-refractivity contribution in [2.45, 2.75) is 58.1 Å². The molecule has 0 saturated carbocycles. The first-order chi connectivity index (χ1) is 17.9. The molecule has 0 radical (unpaired) electrons. The highest BCUT2D eigenvalue weighted by molar-refractivity contribution is 7.48. The number of alkyl halides is 1. The number of aromatic nitrogens is 5. The van der Waals surface area contributed by atoms with Crippen molar-refractivity contribution in [3.8, 4) is 5.75 Å². The average molecular weight is 553 g/mol. The SMILES string of the molecule is CC(=O)Oc1c(C)ncc2c1COP(=O)(OC[C@H]1O[C@@H](n3cnc4c(N)nc(N)nc43)[C@@](C)(F)[C@H]1O)OC2. The van der Waals surface area contributed by atoms with Gasteiger partial charge in [0.2, 0.25) is 5.95 Å². The van der Waals surface area contributed by atoms with Gasteiger partial charge in [0, 0.05) is 24.2 Å². The van der Waals surface area contributed by atoms with E-state index in [9.17, 15) is 14.5 Å². The maximum absolute atomic E-state index is 15.7. The summed E-state index contributed by atoms with van der Waals surface area (Å²) < 4.78 is 57.4. The highest BCUT2D eigenvalue weighted by Crippen LogP contribution is 2.54. The maximum Gasteiger partial charge on any atom is 0.475 e. The fourth-order valence-corrected chi connectivity index (χ4v) is 5.42. The zero-order valence-electron chi connectivity index (χ0n) is 20.5. The van der Waals surface area contributed by atoms with Crippen molar-refractivity contribution in [1.29, 1.82) is 0 Å². The minimum atomic E-state index is -4.22. The van der Waals surface area contributed by atoms with Gasteiger partial charge in [-0.2, -0.15) is 9.97 Å². The predicted octanol–water partition coefficient (Wildman–Crippen LogP) is 1.48. The number of rotatable bonds is 5. The largest absolute Gasteiger partial charge is 0.475 e. The lowest BCUT2D eigenvalue weighted by Gasteiger charge is -2.24. The highest BCUT2D eigenvalue weighted by Gasteiger charge is 2.56. The van der Waals surface area contributed by atoms with Crippen LogP contribution in [0.2, 0.25) is 0 Å². The van der Waals surface area contributed by atoms with Gasteiger partial charge in [0.1, 0.15) is 17.7 Å². The van der Waals surface area contributed by atoms with Crippen LogP contribution in [-0.2, 0) is 40.9 Å². The van der Waals surface area contributed by atoms with E-state index in [0.29, 0.717) is 16.8 Å². The van der Waals surface area contributed by atoms with Crippen LogP contribution in [0, 0.1) is 6.92 Å². The second-order valence-electron chi connectivity index (χ2n) is 8.97. The second-order valence-corrected chi connectivity index (χ2v) is 10.6. The summed E-state index contributed by atoms with van der Waals surface area (Å²) in [6.45, 7) is 2.95. The number of esters is 1. The van der Waals surface area contributed by atoms with Crippen LogP contribution in [0.1, 0.15) is 36.9 Å². The van der Waals surface area contributed by atoms with Crippen molar-refractivity contribution in [3.05, 3.63) is 29.3 Å². The lowest BCUT2D eigenvalue weighted by atomic mass is 9.98. The number of hydrogen-bond donors (Lipinski definition) is 3. The predicted molar refractivity (Wildman–Crippen MR) is 127 cm³/mol. The molecule has 3 aromatic heterocycles. The van der Waals surface area contributed by atoms with Crippen LogP contribution in [0.3, 0.4) is 0 Å². The number of halogens is 1. The van der Waals surface area contributed by atoms with Gasteiger partial charge < -0.3 is 26.0 Å². The van der Waals surface area contributed by atoms with Gasteiger partial charge in [-0.25, -0.2) is 13.9 Å². The van der Waals surface area contributed by atoms with E-state index in [1.54, 1.807) is 6.92 Å². The molecule has 3 aromatic rings. The standard InChI is InChI=1S/C21H25FN7O8P/c1-9-15(36-10(2)30)12-6-34-38(32,33-5-11(12)4-25-9)35-7-13-16(31)21(3,22)19(37-13)29-8-26-14-17(23)27-20(24)28-18(14)29/h4,8,13,16,19,31H,5-7H2,1-3H3,(H4,23,24,27,28)/t13-,16+,19-,21+,38?/m1/s1. The molecule has 5 N–H and O–H groups in total. The van der Waals surface area contributed by atoms with Crippen molar-refractivity contribution < 1.29 is 41.9 Å². The fourth-order valence-electron chi connectivity index (χ4n) is 4.28. The van der Waals surface area contributed by atoms with E-state index < -0.39 is 44.5 Å². The normalized spacial score (nSPS) is 29.2. The Balaban J connectivity index is 1.32. The van der Waals surface area contributed by atoms with Gasteiger partial charge in [0.25, 0.3) is 0 Å². The molecule has 38 heavy (non-hydrogen) atoms. The molecule has 0 amide bonds. The number of carbonyl (C=O) groups is 1. The minimum absolute atomic E-state index is 0.00533. The number of phosphoric acid groups is 1. The summed E-state index contributed by atoms with van der Waals surface area (Å²) in [5.41, 5.74) is 10.8. The number of hydrogen-bond acceptors (Lipinski definition) is 14. The quantitative estimate of drug-likeness (QED) is 0.302. The van der Waals surface area contributed by atoms with Gasteiger partial charge in [-0.1, -0.05) is 0 Å². The molecule has 0 aromatic carbocycles. The van der Waals surface area contributed by atoms with Gasteiger partial charge in [-0.15, -0.1) is 0 Å². The number of pyridine rings is 1. The summed E-state index contributed by atoms with van der Waals surface area (Å²) in [7, 11) is -4.22. The number of nitrogen functional groups attached to an aromatic ring is 2. The summed E-state index contributed by atoms with van der Waals surface area (Å²) in [6.07, 6.45) is -1.68. The Morgan fingerprint density at radius 1 is 1.32 bits per heavy atom. The number of ether oxygens (including phenoxy) is 2. The summed E-state index contributed by atoms with van der Waals surface area (Å²) in [6, 6.07) is 0. The molecule has 1 saturated heterocycles. The topological polar surface area (TPSA) is 209 Å². The smallest absolute Gasteiger partial charge is 0.424 e. The van der Waals surface area contributed by atoms with E-state index in [2.05, 4.69) is 19.9 Å². The molecule has 2 aliphatic heterocycles. The van der Waals surface area contributed by atoms with Crippen molar-refractivity contribution in [2.24, 2.45) is 0 Å². The van der Waals surface area contributed by atoms with Gasteiger partial charge in [-0.3, -0.25) is 27.9 Å². The number of aliphatic hydroxyl groups excluding tert-OH is 1. The maximum atomic E-state index is 15.7. The van der Waals surface area contributed by atoms with Crippen LogP contribution in [-0.4, -0.2) is 60.1 Å². The number of imidazole rings is 1. The molecule has 5 heterocycles. The summed E-state index contributed by atoms with van der Waals surface area (Å²) >= 11 is 0. The summed E-state index contributed by atoms with van der Waals surface area (Å²) in [5, 5.41) is 10.7. The second kappa shape index (κ2) is 9.48. The first-order valence-electron chi connectivity index (χ1n) is 11.4. The molecule has 15 nitrogen and oxygen atoms in total. The molecule has 5 atom stereocenters. The van der Waals surface area contributed by atoms with Gasteiger partial charge >= 0.3 is 13.8 Å². The molecular formula is C21H25FN7O8P. The molecule has 0 spiro atoms. The molecule has 2 aliphatic rings. The first kappa shape index (κ1) is 26.3. The van der Waals surface area contributed by atoms with Gasteiger partial charge in [0.05, 0.1) is 31.8 Å². The minimum Gasteiger partial charge on any atom is -0.424 e. The average Bonchev–Trinajstić information content (AvgIpc) is 3.29. The van der Waals surface area contributed by atoms with E-state index in [-0.39, 0.29) is 41.9 Å². The highest BCUT2D eigenvalue weighted by atomic mass is 31.2. The molecule has 17 heteroatoms. The van der Waals surface area contributed by atoms with Crippen LogP contribution in [0.25, 0.3) is 11.2 Å². The lowest BCUT2D eigenvalue weighted by molar-refractivity contribution is -0.132. The van der Waals surface area contributed by atoms with E-state index >= 15 is 4.39 Å². The lowest BCUT2D eigenvalue weighted by Crippen LogP contribution is -2.40. The number of nitrogens with zero attached hydrogens (tertiary/aromatic N) is 5. The van der Waals surface area contributed by atoms with Crippen molar-refractivity contribution >= 4 is 36.7 Å². The Morgan fingerprint density at radius 2 is 2.05 bits per heavy atom. The zero-order valence-corrected chi connectivity index (χ0v) is 21.4. The van der Waals surface area contributed by atoms with E-state index in [0.717, 1.165) is 6.92 Å². The van der Waals surface area contributed by atoms with Gasteiger partial charge in [-0.05, 0) is 13.8 Å². The van der Waals surface area contributed by atoms with E-state index in [4.69, 9.17) is 34.5 Å². The third-order valence-electron chi connectivity index (χ3n) is 6.23. The van der Waals surface area contributed by atoms with Crippen LogP contribution < -0.4 is 16.2 Å². The Morgan fingerprint density at radius 3 is 2.79 bits per heavy atom. The number of phosphoric ester groups is 1. The first-order valence-corrected chi connectivity index (χ1v) is 12.8. The summed E-state index contributed by atoms with van der Waals surface area (Å²) in [4.78, 5) is 27.6. The monoisotopic (exact) mass is 553 g/mol. The zero-order chi connectivity index (χ0) is 27.4. The Labute approximate surface area is 214 Å². The number of nitrogens with two attached hydrogens (primary N) is 2. The Kier molecular flexibility index (Phi) is 6.57. The molecule has 1 fully saturated rings. The summed E-state index contributed by atoms with van der Waals surface area (Å²) in [5.74, 6) is -0.545. The third kappa shape index (κ3) is 4.59. The van der Waals surface area contributed by atoms with Crippen molar-refractivity contribution in [2.75, 3.05) is 18.1 Å². The number of aliphatic hydroxyl groups is 1. The molecular weight excluding hydrogens is 528 g/mol. The molecule has 0 bridgehead atoms. The molecule has 204 valence electrons. The van der Waals surface area contributed by atoms with Crippen LogP contribution in [0.4, 0.5) is 16.2 Å². The van der Waals surface area contributed by atoms with Crippen LogP contribution in [0.5, 0.6) is 5.75 Å². The number of carbonyl (C=O) groups excluding carboxylic acids is 1. The van der Waals surface area contributed by atoms with Gasteiger partial charge in [0.15, 0.2) is 29.1 Å². The van der Waals surface area contributed by atoms with Crippen molar-refractivity contribution in [1.82, 2.24) is 24.5 Å². The van der Waals surface area contributed by atoms with E-state index in [1.807, 2.05) is 0 Å². The fraction of sp³-hybridized carbons (Fsp3) is 0.476.